The first-order valence-electron chi connectivity index (χ1n) is 6.44. The maximum absolute atomic E-state index is 13.2. The molecule has 1 unspecified atom stereocenters. The van der Waals surface area contributed by atoms with E-state index in [4.69, 9.17) is 5.11 Å². The van der Waals surface area contributed by atoms with Gasteiger partial charge < -0.3 is 10.4 Å². The molecule has 0 radical (unpaired) electrons. The van der Waals surface area contributed by atoms with Gasteiger partial charge >= 0.3 is 0 Å². The van der Waals surface area contributed by atoms with Crippen LogP contribution in [0, 0.1) is 18.2 Å². The van der Waals surface area contributed by atoms with Gasteiger partial charge in [-0.2, -0.15) is 0 Å². The van der Waals surface area contributed by atoms with Gasteiger partial charge in [-0.3, -0.25) is 0 Å². The summed E-state index contributed by atoms with van der Waals surface area (Å²) in [6, 6.07) is 5.41. The van der Waals surface area contributed by atoms with Crippen LogP contribution in [0.5, 0.6) is 0 Å². The summed E-state index contributed by atoms with van der Waals surface area (Å²) in [5.41, 5.74) is 1.84. The standard InChI is InChI=1S/C15H24FNO/c1-11-9-12(5-6-13(11)16)10-17-14(7-8-18)15(2,3)4/h5-6,9,14,17-18H,7-8,10H2,1-4H3. The molecule has 0 saturated carbocycles. The lowest BCUT2D eigenvalue weighted by atomic mass is 9.85. The summed E-state index contributed by atoms with van der Waals surface area (Å²) < 4.78 is 13.2. The summed E-state index contributed by atoms with van der Waals surface area (Å²) in [6.07, 6.45) is 0.726. The zero-order valence-electron chi connectivity index (χ0n) is 11.8. The van der Waals surface area contributed by atoms with E-state index in [2.05, 4.69) is 26.1 Å². The molecule has 0 amide bonds. The maximum Gasteiger partial charge on any atom is 0.126 e. The first kappa shape index (κ1) is 15.1. The smallest absolute Gasteiger partial charge is 0.126 e. The molecule has 0 aliphatic heterocycles. The zero-order valence-corrected chi connectivity index (χ0v) is 11.8. The molecule has 18 heavy (non-hydrogen) atoms. The third kappa shape index (κ3) is 4.39. The van der Waals surface area contributed by atoms with Gasteiger partial charge in [0, 0.05) is 19.2 Å². The van der Waals surface area contributed by atoms with E-state index in [-0.39, 0.29) is 23.9 Å². The van der Waals surface area contributed by atoms with E-state index in [1.165, 1.54) is 6.07 Å². The quantitative estimate of drug-likeness (QED) is 0.845. The second kappa shape index (κ2) is 6.30. The summed E-state index contributed by atoms with van der Waals surface area (Å²) in [7, 11) is 0. The lowest BCUT2D eigenvalue weighted by Crippen LogP contribution is -2.40. The number of nitrogens with one attached hydrogen (secondary N) is 1. The van der Waals surface area contributed by atoms with Crippen molar-refractivity contribution in [2.45, 2.75) is 46.7 Å². The molecule has 1 rings (SSSR count). The predicted octanol–water partition coefficient (Wildman–Crippen LogP) is 3.02. The third-order valence-electron chi connectivity index (χ3n) is 3.24. The Balaban J connectivity index is 2.64. The topological polar surface area (TPSA) is 32.3 Å². The minimum absolute atomic E-state index is 0.0950. The normalized spacial score (nSPS) is 13.7. The van der Waals surface area contributed by atoms with E-state index in [0.717, 1.165) is 12.0 Å². The fourth-order valence-corrected chi connectivity index (χ4v) is 2.03. The molecule has 0 aliphatic carbocycles. The molecule has 3 heteroatoms. The number of hydrogen-bond acceptors (Lipinski definition) is 2. The molecular formula is C15H24FNO. The Bertz CT molecular complexity index is 385. The van der Waals surface area contributed by atoms with Crippen molar-refractivity contribution in [2.24, 2.45) is 5.41 Å². The number of benzene rings is 1. The van der Waals surface area contributed by atoms with E-state index in [9.17, 15) is 4.39 Å². The summed E-state index contributed by atoms with van der Waals surface area (Å²) in [5.74, 6) is -0.165. The first-order valence-corrected chi connectivity index (χ1v) is 6.44. The molecule has 0 heterocycles. The minimum Gasteiger partial charge on any atom is -0.396 e. The third-order valence-corrected chi connectivity index (χ3v) is 3.24. The fraction of sp³-hybridized carbons (Fsp3) is 0.600. The van der Waals surface area contributed by atoms with Crippen LogP contribution in [0.2, 0.25) is 0 Å². The highest BCUT2D eigenvalue weighted by molar-refractivity contribution is 5.23. The van der Waals surface area contributed by atoms with E-state index in [1.807, 2.05) is 6.07 Å². The van der Waals surface area contributed by atoms with Crippen LogP contribution in [0.3, 0.4) is 0 Å². The second-order valence-electron chi connectivity index (χ2n) is 5.90. The van der Waals surface area contributed by atoms with Gasteiger partial charge in [0.05, 0.1) is 0 Å². The molecule has 0 aromatic heterocycles. The van der Waals surface area contributed by atoms with E-state index in [1.54, 1.807) is 13.0 Å². The van der Waals surface area contributed by atoms with Gasteiger partial charge in [0.1, 0.15) is 5.82 Å². The Labute approximate surface area is 109 Å². The predicted molar refractivity (Wildman–Crippen MR) is 72.9 cm³/mol. The Morgan fingerprint density at radius 2 is 2.00 bits per heavy atom. The van der Waals surface area contributed by atoms with Gasteiger partial charge in [-0.1, -0.05) is 32.9 Å². The van der Waals surface area contributed by atoms with Crippen molar-refractivity contribution in [3.8, 4) is 0 Å². The van der Waals surface area contributed by atoms with Gasteiger partial charge in [-0.15, -0.1) is 0 Å². The van der Waals surface area contributed by atoms with Gasteiger partial charge in [-0.05, 0) is 36.0 Å². The zero-order chi connectivity index (χ0) is 13.8. The highest BCUT2D eigenvalue weighted by Gasteiger charge is 2.23. The van der Waals surface area contributed by atoms with Gasteiger partial charge in [0.15, 0.2) is 0 Å². The van der Waals surface area contributed by atoms with Crippen molar-refractivity contribution in [2.75, 3.05) is 6.61 Å². The lowest BCUT2D eigenvalue weighted by Gasteiger charge is -2.31. The average Bonchev–Trinajstić information content (AvgIpc) is 2.27. The molecule has 1 aromatic carbocycles. The van der Waals surface area contributed by atoms with Crippen molar-refractivity contribution in [3.05, 3.63) is 35.1 Å². The number of hydrogen-bond donors (Lipinski definition) is 2. The monoisotopic (exact) mass is 253 g/mol. The van der Waals surface area contributed by atoms with Crippen LogP contribution < -0.4 is 5.32 Å². The van der Waals surface area contributed by atoms with Gasteiger partial charge in [0.2, 0.25) is 0 Å². The summed E-state index contributed by atoms with van der Waals surface area (Å²) in [4.78, 5) is 0. The molecule has 0 spiro atoms. The number of aryl methyl sites for hydroxylation is 1. The number of aliphatic hydroxyl groups is 1. The van der Waals surface area contributed by atoms with Crippen LogP contribution >= 0.6 is 0 Å². The van der Waals surface area contributed by atoms with Gasteiger partial charge in [0.25, 0.3) is 0 Å². The van der Waals surface area contributed by atoms with Gasteiger partial charge in [-0.25, -0.2) is 4.39 Å². The molecule has 1 aromatic rings. The van der Waals surface area contributed by atoms with Crippen LogP contribution in [-0.4, -0.2) is 17.8 Å². The van der Waals surface area contributed by atoms with Crippen molar-refractivity contribution < 1.29 is 9.50 Å². The summed E-state index contributed by atoms with van der Waals surface area (Å²) in [6.45, 7) is 9.09. The number of halogens is 1. The maximum atomic E-state index is 13.2. The summed E-state index contributed by atoms with van der Waals surface area (Å²) >= 11 is 0. The number of rotatable bonds is 5. The Morgan fingerprint density at radius 1 is 1.33 bits per heavy atom. The number of aliphatic hydroxyl groups excluding tert-OH is 1. The second-order valence-corrected chi connectivity index (χ2v) is 5.90. The Morgan fingerprint density at radius 3 is 2.50 bits per heavy atom. The van der Waals surface area contributed by atoms with Crippen molar-refractivity contribution in [1.29, 1.82) is 0 Å². The highest BCUT2D eigenvalue weighted by atomic mass is 19.1. The van der Waals surface area contributed by atoms with E-state index in [0.29, 0.717) is 12.1 Å². The molecular weight excluding hydrogens is 229 g/mol. The highest BCUT2D eigenvalue weighted by Crippen LogP contribution is 2.22. The SMILES string of the molecule is Cc1cc(CNC(CCO)C(C)(C)C)ccc1F. The van der Waals surface area contributed by atoms with Crippen LogP contribution in [0.15, 0.2) is 18.2 Å². The van der Waals surface area contributed by atoms with Crippen molar-refractivity contribution in [3.63, 3.8) is 0 Å². The summed E-state index contributed by atoms with van der Waals surface area (Å²) in [5, 5.41) is 12.5. The van der Waals surface area contributed by atoms with Crippen molar-refractivity contribution in [1.82, 2.24) is 5.32 Å². The molecule has 2 nitrogen and oxygen atoms in total. The Kier molecular flexibility index (Phi) is 5.29. The Hall–Kier alpha value is -0.930. The molecule has 1 atom stereocenters. The van der Waals surface area contributed by atoms with Crippen LogP contribution in [-0.2, 0) is 6.54 Å². The largest absolute Gasteiger partial charge is 0.396 e. The average molecular weight is 253 g/mol. The molecule has 2 N–H and O–H groups in total. The van der Waals surface area contributed by atoms with Crippen LogP contribution in [0.4, 0.5) is 4.39 Å². The fourth-order valence-electron chi connectivity index (χ4n) is 2.03. The molecule has 102 valence electrons. The minimum atomic E-state index is -0.165. The first-order chi connectivity index (χ1) is 8.34. The van der Waals surface area contributed by atoms with E-state index < -0.39 is 0 Å². The van der Waals surface area contributed by atoms with Crippen LogP contribution in [0.1, 0.15) is 38.3 Å². The molecule has 0 fully saturated rings. The van der Waals surface area contributed by atoms with E-state index >= 15 is 0 Å². The molecule has 0 aliphatic rings. The van der Waals surface area contributed by atoms with Crippen molar-refractivity contribution >= 4 is 0 Å². The van der Waals surface area contributed by atoms with Crippen LogP contribution in [0.25, 0.3) is 0 Å². The lowest BCUT2D eigenvalue weighted by molar-refractivity contribution is 0.196. The molecule has 0 saturated heterocycles. The molecule has 0 bridgehead atoms.